The molecule has 1 saturated heterocycles. The highest BCUT2D eigenvalue weighted by Gasteiger charge is 2.17. The average Bonchev–Trinajstić information content (AvgIpc) is 2.49. The van der Waals surface area contributed by atoms with Gasteiger partial charge in [-0.1, -0.05) is 13.3 Å². The van der Waals surface area contributed by atoms with Gasteiger partial charge < -0.3 is 15.0 Å². The first-order valence-electron chi connectivity index (χ1n) is 8.00. The number of rotatable bonds is 7. The first kappa shape index (κ1) is 17.2. The summed E-state index contributed by atoms with van der Waals surface area (Å²) >= 11 is 0. The molecule has 0 aliphatic carbocycles. The monoisotopic (exact) mass is 284 g/mol. The fourth-order valence-corrected chi connectivity index (χ4v) is 2.32. The average molecular weight is 284 g/mol. The van der Waals surface area contributed by atoms with Gasteiger partial charge in [-0.15, -0.1) is 0 Å². The van der Waals surface area contributed by atoms with Crippen LogP contribution in [0.1, 0.15) is 33.6 Å². The van der Waals surface area contributed by atoms with Crippen LogP contribution in [-0.2, 0) is 4.74 Å². The van der Waals surface area contributed by atoms with E-state index in [1.165, 1.54) is 12.8 Å². The number of nitrogens with zero attached hydrogens (tertiary/aromatic N) is 3. The minimum atomic E-state index is 0.479. The minimum absolute atomic E-state index is 0.479. The zero-order chi connectivity index (χ0) is 14.8. The van der Waals surface area contributed by atoms with E-state index in [1.54, 1.807) is 0 Å². The molecule has 0 aromatic heterocycles. The topological polar surface area (TPSA) is 40.1 Å². The van der Waals surface area contributed by atoms with Gasteiger partial charge in [-0.05, 0) is 20.3 Å². The molecule has 1 rings (SSSR count). The lowest BCUT2D eigenvalue weighted by molar-refractivity contribution is 0.0220. The number of hydrogen-bond acceptors (Lipinski definition) is 3. The molecule has 1 unspecified atom stereocenters. The zero-order valence-corrected chi connectivity index (χ0v) is 13.7. The summed E-state index contributed by atoms with van der Waals surface area (Å²) in [6, 6.07) is 0.479. The van der Waals surface area contributed by atoms with E-state index in [4.69, 9.17) is 9.73 Å². The standard InChI is InChI=1S/C15H32N4O/c1-5-7-8-18(4)15(16-6-2)17-13-14(3)19-9-11-20-12-10-19/h14H,5-13H2,1-4H3,(H,16,17). The van der Waals surface area contributed by atoms with Crippen molar-refractivity contribution < 1.29 is 4.74 Å². The number of aliphatic imine (C=N–C) groups is 1. The van der Waals surface area contributed by atoms with Crippen molar-refractivity contribution in [3.63, 3.8) is 0 Å². The molecule has 0 bridgehead atoms. The maximum absolute atomic E-state index is 5.40. The molecule has 1 heterocycles. The van der Waals surface area contributed by atoms with E-state index < -0.39 is 0 Å². The number of nitrogens with one attached hydrogen (secondary N) is 1. The molecule has 0 radical (unpaired) electrons. The van der Waals surface area contributed by atoms with Crippen molar-refractivity contribution >= 4 is 5.96 Å². The molecule has 0 aromatic rings. The summed E-state index contributed by atoms with van der Waals surface area (Å²) in [4.78, 5) is 9.49. The van der Waals surface area contributed by atoms with Gasteiger partial charge in [0.05, 0.1) is 19.8 Å². The van der Waals surface area contributed by atoms with E-state index >= 15 is 0 Å². The first-order chi connectivity index (χ1) is 9.69. The van der Waals surface area contributed by atoms with Gasteiger partial charge in [-0.3, -0.25) is 9.89 Å². The lowest BCUT2D eigenvalue weighted by Gasteiger charge is -2.31. The molecule has 0 saturated carbocycles. The summed E-state index contributed by atoms with van der Waals surface area (Å²) in [5.41, 5.74) is 0. The van der Waals surface area contributed by atoms with Crippen LogP contribution in [-0.4, -0.2) is 74.8 Å². The van der Waals surface area contributed by atoms with Crippen LogP contribution in [0, 0.1) is 0 Å². The van der Waals surface area contributed by atoms with E-state index in [2.05, 4.69) is 42.9 Å². The van der Waals surface area contributed by atoms with Crippen molar-refractivity contribution in [2.75, 3.05) is 53.0 Å². The van der Waals surface area contributed by atoms with Crippen LogP contribution in [0.3, 0.4) is 0 Å². The van der Waals surface area contributed by atoms with Crippen LogP contribution >= 0.6 is 0 Å². The Hall–Kier alpha value is -0.810. The third kappa shape index (κ3) is 6.09. The molecule has 1 aliphatic heterocycles. The molecule has 5 nitrogen and oxygen atoms in total. The maximum atomic E-state index is 5.40. The molecule has 118 valence electrons. The molecule has 0 amide bonds. The second kappa shape index (κ2) is 10.00. The van der Waals surface area contributed by atoms with E-state index in [0.717, 1.165) is 51.9 Å². The molecule has 1 atom stereocenters. The molecule has 1 aliphatic rings. The molecular weight excluding hydrogens is 252 g/mol. The van der Waals surface area contributed by atoms with Gasteiger partial charge in [0.1, 0.15) is 0 Å². The van der Waals surface area contributed by atoms with Crippen LogP contribution in [0.15, 0.2) is 4.99 Å². The van der Waals surface area contributed by atoms with Crippen LogP contribution in [0.4, 0.5) is 0 Å². The quantitative estimate of drug-likeness (QED) is 0.567. The Kier molecular flexibility index (Phi) is 8.62. The van der Waals surface area contributed by atoms with E-state index in [-0.39, 0.29) is 0 Å². The van der Waals surface area contributed by atoms with Crippen molar-refractivity contribution in [1.82, 2.24) is 15.1 Å². The Labute approximate surface area is 124 Å². The number of ether oxygens (including phenoxy) is 1. The van der Waals surface area contributed by atoms with E-state index in [0.29, 0.717) is 6.04 Å². The van der Waals surface area contributed by atoms with Crippen molar-refractivity contribution in [3.05, 3.63) is 0 Å². The van der Waals surface area contributed by atoms with Crippen molar-refractivity contribution in [2.45, 2.75) is 39.7 Å². The van der Waals surface area contributed by atoms with Gasteiger partial charge in [-0.2, -0.15) is 0 Å². The fraction of sp³-hybridized carbons (Fsp3) is 0.933. The molecule has 5 heteroatoms. The van der Waals surface area contributed by atoms with Gasteiger partial charge in [0, 0.05) is 39.3 Å². The van der Waals surface area contributed by atoms with Gasteiger partial charge in [0.15, 0.2) is 5.96 Å². The Bertz CT molecular complexity index is 277. The van der Waals surface area contributed by atoms with Crippen LogP contribution in [0.2, 0.25) is 0 Å². The number of morpholine rings is 1. The van der Waals surface area contributed by atoms with Gasteiger partial charge in [-0.25, -0.2) is 0 Å². The van der Waals surface area contributed by atoms with Gasteiger partial charge >= 0.3 is 0 Å². The highest BCUT2D eigenvalue weighted by molar-refractivity contribution is 5.79. The first-order valence-corrected chi connectivity index (χ1v) is 8.00. The molecule has 1 fully saturated rings. The summed E-state index contributed by atoms with van der Waals surface area (Å²) in [5, 5.41) is 3.38. The van der Waals surface area contributed by atoms with Crippen molar-refractivity contribution in [3.8, 4) is 0 Å². The predicted octanol–water partition coefficient (Wildman–Crippen LogP) is 1.40. The Balaban J connectivity index is 2.47. The number of hydrogen-bond donors (Lipinski definition) is 1. The summed E-state index contributed by atoms with van der Waals surface area (Å²) in [6.45, 7) is 13.2. The maximum Gasteiger partial charge on any atom is 0.193 e. The van der Waals surface area contributed by atoms with Crippen LogP contribution < -0.4 is 5.32 Å². The summed E-state index contributed by atoms with van der Waals surface area (Å²) in [5.74, 6) is 1.03. The molecular formula is C15H32N4O. The SMILES string of the molecule is CCCCN(C)C(=NCC(C)N1CCOCC1)NCC. The Morgan fingerprint density at radius 2 is 2.05 bits per heavy atom. The van der Waals surface area contributed by atoms with Gasteiger partial charge in [0.25, 0.3) is 0 Å². The summed E-state index contributed by atoms with van der Waals surface area (Å²) in [7, 11) is 2.12. The second-order valence-corrected chi connectivity index (χ2v) is 5.47. The largest absolute Gasteiger partial charge is 0.379 e. The van der Waals surface area contributed by atoms with Gasteiger partial charge in [0.2, 0.25) is 0 Å². The summed E-state index contributed by atoms with van der Waals surface area (Å²) < 4.78 is 5.40. The van der Waals surface area contributed by atoms with Crippen molar-refractivity contribution in [2.24, 2.45) is 4.99 Å². The zero-order valence-electron chi connectivity index (χ0n) is 13.7. The Morgan fingerprint density at radius 3 is 2.65 bits per heavy atom. The lowest BCUT2D eigenvalue weighted by Crippen LogP contribution is -2.45. The minimum Gasteiger partial charge on any atom is -0.379 e. The summed E-state index contributed by atoms with van der Waals surface area (Å²) in [6.07, 6.45) is 2.42. The fourth-order valence-electron chi connectivity index (χ4n) is 2.32. The van der Waals surface area contributed by atoms with E-state index in [9.17, 15) is 0 Å². The van der Waals surface area contributed by atoms with Crippen LogP contribution in [0.25, 0.3) is 0 Å². The predicted molar refractivity (Wildman–Crippen MR) is 85.4 cm³/mol. The smallest absolute Gasteiger partial charge is 0.193 e. The third-order valence-corrected chi connectivity index (χ3v) is 3.72. The number of guanidine groups is 1. The lowest BCUT2D eigenvalue weighted by atomic mass is 10.2. The highest BCUT2D eigenvalue weighted by Crippen LogP contribution is 2.04. The third-order valence-electron chi connectivity index (χ3n) is 3.72. The molecule has 20 heavy (non-hydrogen) atoms. The second-order valence-electron chi connectivity index (χ2n) is 5.47. The van der Waals surface area contributed by atoms with Crippen LogP contribution in [0.5, 0.6) is 0 Å². The highest BCUT2D eigenvalue weighted by atomic mass is 16.5. The van der Waals surface area contributed by atoms with E-state index in [1.807, 2.05) is 0 Å². The normalized spacial score (nSPS) is 18.9. The molecule has 0 aromatic carbocycles. The molecule has 1 N–H and O–H groups in total. The van der Waals surface area contributed by atoms with Crippen molar-refractivity contribution in [1.29, 1.82) is 0 Å². The molecule has 0 spiro atoms. The Morgan fingerprint density at radius 1 is 1.35 bits per heavy atom. The number of unbranched alkanes of at least 4 members (excludes halogenated alkanes) is 1.